The van der Waals surface area contributed by atoms with Gasteiger partial charge in [-0.3, -0.25) is 9.89 Å². The number of nitrogens with zero attached hydrogens (tertiary/aromatic N) is 1. The van der Waals surface area contributed by atoms with Crippen LogP contribution in [0, 0.1) is 5.92 Å². The van der Waals surface area contributed by atoms with E-state index >= 15 is 0 Å². The lowest BCUT2D eigenvalue weighted by atomic mass is 10.1. The predicted molar refractivity (Wildman–Crippen MR) is 90.3 cm³/mol. The van der Waals surface area contributed by atoms with Crippen molar-refractivity contribution >= 4 is 5.91 Å². The van der Waals surface area contributed by atoms with Gasteiger partial charge >= 0.3 is 0 Å². The van der Waals surface area contributed by atoms with Gasteiger partial charge in [0.15, 0.2) is 0 Å². The fourth-order valence-electron chi connectivity index (χ4n) is 2.26. The zero-order valence-corrected chi connectivity index (χ0v) is 14.3. The molecule has 0 saturated heterocycles. The Hall–Kier alpha value is -2.54. The number of hydrogen-bond donors (Lipinski definition) is 3. The number of benzene rings is 1. The molecule has 0 bridgehead atoms. The molecule has 0 radical (unpaired) electrons. The normalized spacial score (nSPS) is 12.1. The molecule has 130 valence electrons. The largest absolute Gasteiger partial charge is 0.497 e. The molecule has 1 heterocycles. The van der Waals surface area contributed by atoms with Crippen molar-refractivity contribution in [3.63, 3.8) is 0 Å². The van der Waals surface area contributed by atoms with E-state index in [1.165, 1.54) is 0 Å². The van der Waals surface area contributed by atoms with Crippen molar-refractivity contribution in [2.45, 2.75) is 19.9 Å². The highest BCUT2D eigenvalue weighted by Gasteiger charge is 2.19. The first-order chi connectivity index (χ1) is 11.5. The molecule has 0 spiro atoms. The first kappa shape index (κ1) is 17.8. The lowest BCUT2D eigenvalue weighted by molar-refractivity contribution is 0.0891. The molecule has 24 heavy (non-hydrogen) atoms. The second kappa shape index (κ2) is 7.83. The van der Waals surface area contributed by atoms with Crippen molar-refractivity contribution in [2.75, 3.05) is 20.8 Å². The summed E-state index contributed by atoms with van der Waals surface area (Å²) >= 11 is 0. The fourth-order valence-corrected chi connectivity index (χ4v) is 2.26. The monoisotopic (exact) mass is 333 g/mol. The lowest BCUT2D eigenvalue weighted by Crippen LogP contribution is -2.41. The van der Waals surface area contributed by atoms with E-state index in [0.29, 0.717) is 22.9 Å². The molecule has 0 fully saturated rings. The Labute approximate surface area is 141 Å². The van der Waals surface area contributed by atoms with Crippen molar-refractivity contribution in [3.05, 3.63) is 30.0 Å². The fraction of sp³-hybridized carbons (Fsp3) is 0.412. The molecule has 1 aromatic carbocycles. The molecule has 0 aliphatic rings. The average molecular weight is 333 g/mol. The lowest BCUT2D eigenvalue weighted by Gasteiger charge is -2.19. The smallest absolute Gasteiger partial charge is 0.269 e. The Kier molecular flexibility index (Phi) is 5.81. The number of aromatic amines is 1. The zero-order valence-electron chi connectivity index (χ0n) is 14.3. The molecule has 7 heteroatoms. The summed E-state index contributed by atoms with van der Waals surface area (Å²) in [7, 11) is 3.14. The molecule has 2 rings (SSSR count). The maximum atomic E-state index is 12.3. The van der Waals surface area contributed by atoms with Gasteiger partial charge in [-0.2, -0.15) is 5.10 Å². The number of methoxy groups -OCH3 is 2. The molecule has 0 aliphatic carbocycles. The van der Waals surface area contributed by atoms with Crippen molar-refractivity contribution in [2.24, 2.45) is 5.92 Å². The highest BCUT2D eigenvalue weighted by molar-refractivity contribution is 5.93. The van der Waals surface area contributed by atoms with Gasteiger partial charge < -0.3 is 19.9 Å². The number of hydrogen-bond acceptors (Lipinski definition) is 5. The van der Waals surface area contributed by atoms with Gasteiger partial charge in [0.05, 0.1) is 32.6 Å². The maximum Gasteiger partial charge on any atom is 0.269 e. The van der Waals surface area contributed by atoms with Gasteiger partial charge in [0.2, 0.25) is 0 Å². The highest BCUT2D eigenvalue weighted by atomic mass is 16.5. The molecule has 0 aliphatic heterocycles. The van der Waals surface area contributed by atoms with Crippen LogP contribution in [0.4, 0.5) is 0 Å². The zero-order chi connectivity index (χ0) is 17.7. The third kappa shape index (κ3) is 3.86. The number of ether oxygens (including phenoxy) is 2. The summed E-state index contributed by atoms with van der Waals surface area (Å²) in [5, 5.41) is 19.0. The van der Waals surface area contributed by atoms with Gasteiger partial charge in [0.1, 0.15) is 17.2 Å². The quantitative estimate of drug-likeness (QED) is 0.718. The molecule has 1 amide bonds. The molecule has 2 aromatic rings. The maximum absolute atomic E-state index is 12.3. The van der Waals surface area contributed by atoms with Crippen LogP contribution in [0.5, 0.6) is 11.5 Å². The van der Waals surface area contributed by atoms with Crippen LogP contribution in [0.1, 0.15) is 24.3 Å². The SMILES string of the molecule is COc1ccc(-c2cc(C(=O)N[C@@H](CO)C(C)C)[nH]n2)c(OC)c1. The van der Waals surface area contributed by atoms with Gasteiger partial charge in [-0.1, -0.05) is 13.8 Å². The molecule has 3 N–H and O–H groups in total. The minimum atomic E-state index is -0.311. The van der Waals surface area contributed by atoms with Crippen LogP contribution < -0.4 is 14.8 Å². The van der Waals surface area contributed by atoms with Crippen molar-refractivity contribution in [1.82, 2.24) is 15.5 Å². The number of aliphatic hydroxyl groups is 1. The summed E-state index contributed by atoms with van der Waals surface area (Å²) in [5.74, 6) is 1.09. The second-order valence-electron chi connectivity index (χ2n) is 5.74. The summed E-state index contributed by atoms with van der Waals surface area (Å²) in [4.78, 5) is 12.3. The van der Waals surface area contributed by atoms with Crippen LogP contribution in [-0.4, -0.2) is 48.1 Å². The Balaban J connectivity index is 2.23. The van der Waals surface area contributed by atoms with Gasteiger partial charge in [0.25, 0.3) is 5.91 Å². The number of nitrogens with one attached hydrogen (secondary N) is 2. The Morgan fingerprint density at radius 2 is 2.04 bits per heavy atom. The number of H-pyrrole nitrogens is 1. The average Bonchev–Trinajstić information content (AvgIpc) is 3.08. The van der Waals surface area contributed by atoms with Crippen molar-refractivity contribution in [3.8, 4) is 22.8 Å². The van der Waals surface area contributed by atoms with E-state index in [2.05, 4.69) is 15.5 Å². The molecule has 0 unspecified atom stereocenters. The van der Waals surface area contributed by atoms with E-state index in [-0.39, 0.29) is 24.5 Å². The van der Waals surface area contributed by atoms with E-state index < -0.39 is 0 Å². The molecule has 1 atom stereocenters. The van der Waals surface area contributed by atoms with E-state index in [9.17, 15) is 9.90 Å². The van der Waals surface area contributed by atoms with E-state index in [1.807, 2.05) is 19.9 Å². The summed E-state index contributed by atoms with van der Waals surface area (Å²) in [6, 6.07) is 6.71. The third-order valence-corrected chi connectivity index (χ3v) is 3.83. The minimum absolute atomic E-state index is 0.114. The van der Waals surface area contributed by atoms with Gasteiger partial charge in [0, 0.05) is 11.6 Å². The van der Waals surface area contributed by atoms with E-state index in [0.717, 1.165) is 5.56 Å². The number of amides is 1. The first-order valence-electron chi connectivity index (χ1n) is 7.69. The summed E-state index contributed by atoms with van der Waals surface area (Å²) < 4.78 is 10.5. The molecule has 0 saturated carbocycles. The number of carbonyl (C=O) groups is 1. The number of aromatic nitrogens is 2. The van der Waals surface area contributed by atoms with Crippen molar-refractivity contribution in [1.29, 1.82) is 0 Å². The van der Waals surface area contributed by atoms with Crippen molar-refractivity contribution < 1.29 is 19.4 Å². The Bertz CT molecular complexity index is 697. The Morgan fingerprint density at radius 1 is 1.29 bits per heavy atom. The summed E-state index contributed by atoms with van der Waals surface area (Å²) in [6.07, 6.45) is 0. The van der Waals surface area contributed by atoms with Crippen LogP contribution in [0.15, 0.2) is 24.3 Å². The van der Waals surface area contributed by atoms with E-state index in [4.69, 9.17) is 9.47 Å². The number of carbonyl (C=O) groups excluding carboxylic acids is 1. The highest BCUT2D eigenvalue weighted by Crippen LogP contribution is 2.32. The first-order valence-corrected chi connectivity index (χ1v) is 7.69. The van der Waals surface area contributed by atoms with Gasteiger partial charge in [-0.15, -0.1) is 0 Å². The minimum Gasteiger partial charge on any atom is -0.497 e. The second-order valence-corrected chi connectivity index (χ2v) is 5.74. The van der Waals surface area contributed by atoms with E-state index in [1.54, 1.807) is 32.4 Å². The summed E-state index contributed by atoms with van der Waals surface area (Å²) in [5.41, 5.74) is 1.66. The van der Waals surface area contributed by atoms with Gasteiger partial charge in [-0.05, 0) is 24.1 Å². The molecule has 1 aromatic heterocycles. The number of aliphatic hydroxyl groups excluding tert-OH is 1. The van der Waals surface area contributed by atoms with Crippen LogP contribution in [0.3, 0.4) is 0 Å². The number of rotatable bonds is 7. The van der Waals surface area contributed by atoms with Crippen LogP contribution in [0.25, 0.3) is 11.3 Å². The molecule has 7 nitrogen and oxygen atoms in total. The third-order valence-electron chi connectivity index (χ3n) is 3.83. The predicted octanol–water partition coefficient (Wildman–Crippen LogP) is 1.84. The van der Waals surface area contributed by atoms with Crippen LogP contribution >= 0.6 is 0 Å². The standard InChI is InChI=1S/C17H23N3O4/c1-10(2)15(9-21)18-17(22)14-8-13(19-20-14)12-6-5-11(23-3)7-16(12)24-4/h5-8,10,15,21H,9H2,1-4H3,(H,18,22)(H,19,20)/t15-/m0/s1. The molecular formula is C17H23N3O4. The molecular weight excluding hydrogens is 310 g/mol. The van der Waals surface area contributed by atoms with Crippen LogP contribution in [0.2, 0.25) is 0 Å². The summed E-state index contributed by atoms with van der Waals surface area (Å²) in [6.45, 7) is 3.75. The van der Waals surface area contributed by atoms with Crippen LogP contribution in [-0.2, 0) is 0 Å². The van der Waals surface area contributed by atoms with Gasteiger partial charge in [-0.25, -0.2) is 0 Å². The Morgan fingerprint density at radius 3 is 2.62 bits per heavy atom. The topological polar surface area (TPSA) is 96.5 Å².